The van der Waals surface area contributed by atoms with Crippen molar-refractivity contribution in [1.29, 1.82) is 0 Å². The second-order valence-corrected chi connectivity index (χ2v) is 6.92. The summed E-state index contributed by atoms with van der Waals surface area (Å²) in [6.07, 6.45) is 1.99. The number of methoxy groups -OCH3 is 2. The highest BCUT2D eigenvalue weighted by Gasteiger charge is 2.34. The number of hydrogen-bond donors (Lipinski definition) is 0. The Labute approximate surface area is 169 Å². The quantitative estimate of drug-likeness (QED) is 0.636. The van der Waals surface area contributed by atoms with Crippen LogP contribution in [0.4, 0.5) is 0 Å². The van der Waals surface area contributed by atoms with E-state index >= 15 is 0 Å². The van der Waals surface area contributed by atoms with Gasteiger partial charge in [-0.15, -0.1) is 0 Å². The van der Waals surface area contributed by atoms with Crippen LogP contribution in [0.1, 0.15) is 30.3 Å². The van der Waals surface area contributed by atoms with Crippen LogP contribution in [0, 0.1) is 0 Å². The third kappa shape index (κ3) is 3.94. The van der Waals surface area contributed by atoms with Crippen LogP contribution in [0.5, 0.6) is 11.5 Å². The van der Waals surface area contributed by atoms with Crippen LogP contribution >= 0.6 is 0 Å². The average Bonchev–Trinajstić information content (AvgIpc) is 3.44. The maximum absolute atomic E-state index is 13.0. The Morgan fingerprint density at radius 1 is 1.14 bits per heavy atom. The number of hydrogen-bond acceptors (Lipinski definition) is 6. The molecule has 1 amide bonds. The molecule has 1 aromatic heterocycles. The molecule has 0 bridgehead atoms. The Morgan fingerprint density at radius 3 is 2.69 bits per heavy atom. The molecule has 7 heteroatoms. The molecule has 0 radical (unpaired) electrons. The lowest BCUT2D eigenvalue weighted by atomic mass is 10.1. The van der Waals surface area contributed by atoms with E-state index in [2.05, 4.69) is 10.1 Å². The fourth-order valence-electron chi connectivity index (χ4n) is 3.66. The van der Waals surface area contributed by atoms with Gasteiger partial charge in [0.15, 0.2) is 0 Å². The van der Waals surface area contributed by atoms with Crippen molar-refractivity contribution >= 4 is 5.91 Å². The second kappa shape index (κ2) is 8.34. The first kappa shape index (κ1) is 19.0. The van der Waals surface area contributed by atoms with Crippen LogP contribution in [-0.2, 0) is 11.2 Å². The minimum Gasteiger partial charge on any atom is -0.497 e. The van der Waals surface area contributed by atoms with Gasteiger partial charge in [-0.1, -0.05) is 23.4 Å². The van der Waals surface area contributed by atoms with Crippen molar-refractivity contribution in [3.8, 4) is 22.9 Å². The first-order valence-electron chi connectivity index (χ1n) is 9.59. The van der Waals surface area contributed by atoms with Crippen LogP contribution < -0.4 is 9.47 Å². The van der Waals surface area contributed by atoms with Gasteiger partial charge in [0.05, 0.1) is 20.6 Å². The van der Waals surface area contributed by atoms with Gasteiger partial charge >= 0.3 is 0 Å². The highest BCUT2D eigenvalue weighted by atomic mass is 16.5. The number of para-hydroxylation sites is 1. The van der Waals surface area contributed by atoms with Gasteiger partial charge in [-0.05, 0) is 43.2 Å². The van der Waals surface area contributed by atoms with Gasteiger partial charge in [-0.3, -0.25) is 4.79 Å². The molecule has 150 valence electrons. The van der Waals surface area contributed by atoms with Gasteiger partial charge in [0.1, 0.15) is 17.5 Å². The Morgan fingerprint density at radius 2 is 1.93 bits per heavy atom. The number of likely N-dealkylation sites (tertiary alicyclic amines) is 1. The molecule has 2 aromatic carbocycles. The zero-order valence-electron chi connectivity index (χ0n) is 16.5. The number of aromatic nitrogens is 2. The van der Waals surface area contributed by atoms with E-state index in [1.165, 1.54) is 0 Å². The SMILES string of the molecule is COc1ccc(-c2noc([C@@H]3CCCN3C(=O)Cc3ccccc3OC)n2)cc1. The van der Waals surface area contributed by atoms with Gasteiger partial charge in [0.2, 0.25) is 17.6 Å². The predicted octanol–water partition coefficient (Wildman–Crippen LogP) is 3.66. The Hall–Kier alpha value is -3.35. The van der Waals surface area contributed by atoms with Crippen LogP contribution in [0.2, 0.25) is 0 Å². The summed E-state index contributed by atoms with van der Waals surface area (Å²) in [5.74, 6) is 2.49. The maximum atomic E-state index is 13.0. The monoisotopic (exact) mass is 393 g/mol. The molecule has 7 nitrogen and oxygen atoms in total. The summed E-state index contributed by atoms with van der Waals surface area (Å²) >= 11 is 0. The van der Waals surface area contributed by atoms with Crippen LogP contribution in [0.3, 0.4) is 0 Å². The summed E-state index contributed by atoms with van der Waals surface area (Å²) in [5.41, 5.74) is 1.71. The highest BCUT2D eigenvalue weighted by Crippen LogP contribution is 2.33. The summed E-state index contributed by atoms with van der Waals surface area (Å²) in [7, 11) is 3.24. The van der Waals surface area contributed by atoms with Crippen molar-refractivity contribution in [3.05, 3.63) is 60.0 Å². The molecule has 0 unspecified atom stereocenters. The van der Waals surface area contributed by atoms with Crippen molar-refractivity contribution < 1.29 is 18.8 Å². The topological polar surface area (TPSA) is 77.7 Å². The number of ether oxygens (including phenoxy) is 2. The van der Waals surface area contributed by atoms with Crippen molar-refractivity contribution in [1.82, 2.24) is 15.0 Å². The average molecular weight is 393 g/mol. The third-order valence-corrected chi connectivity index (χ3v) is 5.18. The fourth-order valence-corrected chi connectivity index (χ4v) is 3.66. The van der Waals surface area contributed by atoms with Crippen molar-refractivity contribution in [2.75, 3.05) is 20.8 Å². The standard InChI is InChI=1S/C22H23N3O4/c1-27-17-11-9-15(10-12-17)21-23-22(29-24-21)18-7-5-13-25(18)20(26)14-16-6-3-4-8-19(16)28-2/h3-4,6,8-12,18H,5,7,13-14H2,1-2H3/t18-/m0/s1. The van der Waals surface area contributed by atoms with E-state index in [1.54, 1.807) is 14.2 Å². The summed E-state index contributed by atoms with van der Waals surface area (Å²) in [6.45, 7) is 0.679. The Balaban J connectivity index is 1.51. The fraction of sp³-hybridized carbons (Fsp3) is 0.318. The molecule has 1 atom stereocenters. The van der Waals surface area contributed by atoms with E-state index in [4.69, 9.17) is 14.0 Å². The van der Waals surface area contributed by atoms with Crippen LogP contribution in [0.25, 0.3) is 11.4 Å². The number of carbonyl (C=O) groups is 1. The normalized spacial score (nSPS) is 16.1. The maximum Gasteiger partial charge on any atom is 0.249 e. The van der Waals surface area contributed by atoms with Crippen LogP contribution in [-0.4, -0.2) is 41.7 Å². The molecule has 0 spiro atoms. The van der Waals surface area contributed by atoms with Crippen LogP contribution in [0.15, 0.2) is 53.1 Å². The van der Waals surface area contributed by atoms with Gasteiger partial charge in [0.25, 0.3) is 0 Å². The first-order chi connectivity index (χ1) is 14.2. The lowest BCUT2D eigenvalue weighted by Crippen LogP contribution is -2.32. The van der Waals surface area contributed by atoms with Crippen molar-refractivity contribution in [2.45, 2.75) is 25.3 Å². The molecule has 0 N–H and O–H groups in total. The van der Waals surface area contributed by atoms with E-state index in [1.807, 2.05) is 53.4 Å². The zero-order valence-corrected chi connectivity index (χ0v) is 16.5. The van der Waals surface area contributed by atoms with Gasteiger partial charge in [-0.2, -0.15) is 4.98 Å². The van der Waals surface area contributed by atoms with E-state index in [0.717, 1.165) is 35.5 Å². The Bertz CT molecular complexity index is 984. The van der Waals surface area contributed by atoms with Crippen molar-refractivity contribution in [2.24, 2.45) is 0 Å². The summed E-state index contributed by atoms with van der Waals surface area (Å²) in [4.78, 5) is 19.4. The minimum atomic E-state index is -0.197. The summed E-state index contributed by atoms with van der Waals surface area (Å²) < 4.78 is 16.1. The Kier molecular flexibility index (Phi) is 5.46. The molecule has 1 aliphatic rings. The number of carbonyl (C=O) groups excluding carboxylic acids is 1. The van der Waals surface area contributed by atoms with Crippen molar-refractivity contribution in [3.63, 3.8) is 0 Å². The molecular formula is C22H23N3O4. The lowest BCUT2D eigenvalue weighted by Gasteiger charge is -2.22. The van der Waals surface area contributed by atoms with E-state index in [-0.39, 0.29) is 18.4 Å². The molecule has 1 saturated heterocycles. The predicted molar refractivity (Wildman–Crippen MR) is 107 cm³/mol. The number of amides is 1. The molecular weight excluding hydrogens is 370 g/mol. The van der Waals surface area contributed by atoms with E-state index in [0.29, 0.717) is 18.3 Å². The smallest absolute Gasteiger partial charge is 0.249 e. The molecule has 4 rings (SSSR count). The lowest BCUT2D eigenvalue weighted by molar-refractivity contribution is -0.131. The van der Waals surface area contributed by atoms with Gasteiger partial charge in [-0.25, -0.2) is 0 Å². The molecule has 0 saturated carbocycles. The molecule has 1 aliphatic heterocycles. The highest BCUT2D eigenvalue weighted by molar-refractivity contribution is 5.80. The number of benzene rings is 2. The van der Waals surface area contributed by atoms with E-state index < -0.39 is 0 Å². The third-order valence-electron chi connectivity index (χ3n) is 5.18. The largest absolute Gasteiger partial charge is 0.497 e. The first-order valence-corrected chi connectivity index (χ1v) is 9.59. The minimum absolute atomic E-state index is 0.0289. The summed E-state index contributed by atoms with van der Waals surface area (Å²) in [5, 5.41) is 4.11. The van der Waals surface area contributed by atoms with Gasteiger partial charge in [0, 0.05) is 17.7 Å². The van der Waals surface area contributed by atoms with E-state index in [9.17, 15) is 4.79 Å². The number of rotatable bonds is 6. The van der Waals surface area contributed by atoms with Gasteiger partial charge < -0.3 is 18.9 Å². The second-order valence-electron chi connectivity index (χ2n) is 6.92. The molecule has 29 heavy (non-hydrogen) atoms. The molecule has 3 aromatic rings. The summed E-state index contributed by atoms with van der Waals surface area (Å²) in [6, 6.07) is 14.8. The molecule has 1 fully saturated rings. The molecule has 0 aliphatic carbocycles. The molecule has 2 heterocycles. The number of nitrogens with zero attached hydrogens (tertiary/aromatic N) is 3. The zero-order chi connectivity index (χ0) is 20.2.